The molecule has 0 aromatic carbocycles. The standard InChI is InChI=1S/C37H58O6/c1-9-10-11-12-17-37(42)20-19-34(6)27(24(37)4)16-18-35(7)32(34)29(39)21-28-31(26(33(40)41)15-13-14-23(2)3)30(43-25(5)38)22-36(28,35)8/h12,14,17,24,27-30,32,39,42H,9-11,13,15-16,18-22H2,1-8H3,(H,40,41)/t24-,27-,28+,29+,30-,32+,34-,35-,36-,37+/m0/s1. The van der Waals surface area contributed by atoms with Crippen LogP contribution in [-0.4, -0.2) is 45.1 Å². The number of allylic oxidation sites excluding steroid dienone is 3. The van der Waals surface area contributed by atoms with Gasteiger partial charge >= 0.3 is 11.9 Å². The number of carbonyl (C=O) groups excluding carboxylic acids is 1. The van der Waals surface area contributed by atoms with E-state index in [2.05, 4.69) is 52.8 Å². The smallest absolute Gasteiger partial charge is 0.331 e. The monoisotopic (exact) mass is 598 g/mol. The number of hydrogen-bond donors (Lipinski definition) is 3. The third-order valence-corrected chi connectivity index (χ3v) is 12.9. The molecule has 3 N–H and O–H groups in total. The normalized spacial score (nSPS) is 43.4. The minimum atomic E-state index is -0.955. The summed E-state index contributed by atoms with van der Waals surface area (Å²) < 4.78 is 5.93. The van der Waals surface area contributed by atoms with Crippen LogP contribution in [0.3, 0.4) is 0 Å². The minimum absolute atomic E-state index is 0.00681. The second-order valence-corrected chi connectivity index (χ2v) is 15.5. The van der Waals surface area contributed by atoms with Gasteiger partial charge in [0.2, 0.25) is 0 Å². The zero-order valence-electron chi connectivity index (χ0n) is 28.0. The Morgan fingerprint density at radius 2 is 1.74 bits per heavy atom. The Morgan fingerprint density at radius 1 is 1.05 bits per heavy atom. The number of aliphatic hydroxyl groups is 2. The Labute approximate surface area is 260 Å². The van der Waals surface area contributed by atoms with Crippen molar-refractivity contribution in [1.29, 1.82) is 0 Å². The van der Waals surface area contributed by atoms with Crippen LogP contribution >= 0.6 is 0 Å². The average molecular weight is 599 g/mol. The molecule has 0 spiro atoms. The van der Waals surface area contributed by atoms with Crippen LogP contribution in [0.5, 0.6) is 0 Å². The molecular weight excluding hydrogens is 540 g/mol. The molecule has 4 fully saturated rings. The lowest BCUT2D eigenvalue weighted by Crippen LogP contribution is -2.66. The predicted octanol–water partition coefficient (Wildman–Crippen LogP) is 7.78. The fourth-order valence-electron chi connectivity index (χ4n) is 10.6. The molecule has 0 aliphatic heterocycles. The number of hydrogen-bond acceptors (Lipinski definition) is 5. The number of carbonyl (C=O) groups is 2. The Kier molecular flexibility index (Phi) is 9.84. The first kappa shape index (κ1) is 34.0. The van der Waals surface area contributed by atoms with Crippen LogP contribution in [-0.2, 0) is 14.3 Å². The van der Waals surface area contributed by atoms with Crippen molar-refractivity contribution in [2.24, 2.45) is 39.9 Å². The van der Waals surface area contributed by atoms with Gasteiger partial charge in [-0.2, -0.15) is 0 Å². The first-order valence-corrected chi connectivity index (χ1v) is 16.9. The van der Waals surface area contributed by atoms with Crippen molar-refractivity contribution in [3.8, 4) is 0 Å². The third kappa shape index (κ3) is 5.80. The van der Waals surface area contributed by atoms with Gasteiger partial charge < -0.3 is 20.1 Å². The van der Waals surface area contributed by atoms with Gasteiger partial charge in [-0.3, -0.25) is 4.79 Å². The highest BCUT2D eigenvalue weighted by atomic mass is 16.5. The van der Waals surface area contributed by atoms with Crippen LogP contribution in [0.1, 0.15) is 126 Å². The summed E-state index contributed by atoms with van der Waals surface area (Å²) in [7, 11) is 0. The quantitative estimate of drug-likeness (QED) is 0.108. The second kappa shape index (κ2) is 12.5. The average Bonchev–Trinajstić information content (AvgIpc) is 3.18. The molecule has 0 unspecified atom stereocenters. The number of rotatable bonds is 9. The number of fused-ring (bicyclic) bond motifs is 5. The lowest BCUT2D eigenvalue weighted by atomic mass is 9.36. The number of aliphatic hydroxyl groups excluding tert-OH is 1. The maximum absolute atomic E-state index is 12.8. The molecule has 43 heavy (non-hydrogen) atoms. The minimum Gasteiger partial charge on any atom is -0.478 e. The summed E-state index contributed by atoms with van der Waals surface area (Å²) in [5, 5.41) is 34.4. The highest BCUT2D eigenvalue weighted by Gasteiger charge is 2.71. The molecule has 4 saturated carbocycles. The molecule has 10 atom stereocenters. The number of aliphatic carboxylic acids is 1. The third-order valence-electron chi connectivity index (χ3n) is 12.9. The summed E-state index contributed by atoms with van der Waals surface area (Å²) >= 11 is 0. The topological polar surface area (TPSA) is 104 Å². The van der Waals surface area contributed by atoms with Gasteiger partial charge in [-0.05, 0) is 117 Å². The largest absolute Gasteiger partial charge is 0.478 e. The first-order chi connectivity index (χ1) is 20.1. The molecule has 0 heterocycles. The molecule has 4 aliphatic carbocycles. The van der Waals surface area contributed by atoms with E-state index in [1.54, 1.807) is 0 Å². The molecule has 4 rings (SSSR count). The van der Waals surface area contributed by atoms with Crippen LogP contribution < -0.4 is 0 Å². The lowest BCUT2D eigenvalue weighted by Gasteiger charge is -2.69. The molecule has 0 saturated heterocycles. The molecule has 0 aromatic rings. The van der Waals surface area contributed by atoms with E-state index in [4.69, 9.17) is 4.74 Å². The van der Waals surface area contributed by atoms with Crippen LogP contribution in [0.15, 0.2) is 34.9 Å². The van der Waals surface area contributed by atoms with Crippen molar-refractivity contribution >= 4 is 11.9 Å². The maximum Gasteiger partial charge on any atom is 0.331 e. The molecule has 0 bridgehead atoms. The van der Waals surface area contributed by atoms with Gasteiger partial charge in [0, 0.05) is 12.5 Å². The van der Waals surface area contributed by atoms with Gasteiger partial charge in [0.1, 0.15) is 6.10 Å². The van der Waals surface area contributed by atoms with Crippen LogP contribution in [0.25, 0.3) is 0 Å². The molecule has 6 nitrogen and oxygen atoms in total. The van der Waals surface area contributed by atoms with Gasteiger partial charge in [-0.15, -0.1) is 0 Å². The number of unbranched alkanes of at least 4 members (excludes halogenated alkanes) is 2. The van der Waals surface area contributed by atoms with E-state index >= 15 is 0 Å². The highest BCUT2D eigenvalue weighted by molar-refractivity contribution is 5.88. The van der Waals surface area contributed by atoms with E-state index in [1.807, 2.05) is 13.8 Å². The molecule has 0 radical (unpaired) electrons. The van der Waals surface area contributed by atoms with E-state index in [-0.39, 0.29) is 39.9 Å². The maximum atomic E-state index is 12.8. The van der Waals surface area contributed by atoms with E-state index in [9.17, 15) is 24.9 Å². The Bertz CT molecular complexity index is 1160. The second-order valence-electron chi connectivity index (χ2n) is 15.5. The van der Waals surface area contributed by atoms with Gasteiger partial charge in [0.25, 0.3) is 0 Å². The van der Waals surface area contributed by atoms with E-state index in [0.29, 0.717) is 37.7 Å². The van der Waals surface area contributed by atoms with Crippen molar-refractivity contribution in [2.45, 2.75) is 144 Å². The Morgan fingerprint density at radius 3 is 2.35 bits per heavy atom. The highest BCUT2D eigenvalue weighted by Crippen LogP contribution is 2.75. The summed E-state index contributed by atoms with van der Waals surface area (Å²) in [5.74, 6) is -1.17. The molecule has 6 heteroatoms. The molecular formula is C37H58O6. The van der Waals surface area contributed by atoms with Gasteiger partial charge in [-0.25, -0.2) is 4.79 Å². The van der Waals surface area contributed by atoms with E-state index < -0.39 is 29.7 Å². The summed E-state index contributed by atoms with van der Waals surface area (Å²) in [4.78, 5) is 25.1. The van der Waals surface area contributed by atoms with Gasteiger partial charge in [-0.1, -0.05) is 71.3 Å². The Balaban J connectivity index is 1.75. The summed E-state index contributed by atoms with van der Waals surface area (Å²) in [5.41, 5.74) is 0.598. The predicted molar refractivity (Wildman–Crippen MR) is 170 cm³/mol. The fourth-order valence-corrected chi connectivity index (χ4v) is 10.6. The fraction of sp³-hybridized carbons (Fsp3) is 0.784. The van der Waals surface area contributed by atoms with Crippen LogP contribution in [0, 0.1) is 39.9 Å². The van der Waals surface area contributed by atoms with Gasteiger partial charge in [0.05, 0.1) is 11.7 Å². The molecule has 0 aromatic heterocycles. The molecule has 4 aliphatic rings. The first-order valence-electron chi connectivity index (χ1n) is 16.9. The number of carboxylic acids is 1. The van der Waals surface area contributed by atoms with Crippen LogP contribution in [0.4, 0.5) is 0 Å². The SMILES string of the molecule is CCCCC=C[C@@]1(O)CC[C@]2(C)[C@H]3[C@H](O)C[C@@H]4C(=C(CCC=C(C)C)C(=O)O)[C@@H](OC(C)=O)C[C@]4(C)[C@@]3(C)CC[C@H]2[C@@H]1C. The van der Waals surface area contributed by atoms with Crippen molar-refractivity contribution < 1.29 is 29.6 Å². The summed E-state index contributed by atoms with van der Waals surface area (Å²) in [6.45, 7) is 16.7. The number of carboxylic acid groups (broad SMARTS) is 1. The van der Waals surface area contributed by atoms with Crippen molar-refractivity contribution in [3.63, 3.8) is 0 Å². The van der Waals surface area contributed by atoms with Crippen molar-refractivity contribution in [1.82, 2.24) is 0 Å². The van der Waals surface area contributed by atoms with E-state index in [0.717, 1.165) is 49.7 Å². The van der Waals surface area contributed by atoms with Crippen molar-refractivity contribution in [2.75, 3.05) is 0 Å². The number of esters is 1. The summed E-state index contributed by atoms with van der Waals surface area (Å²) in [6.07, 6.45) is 13.7. The van der Waals surface area contributed by atoms with Crippen LogP contribution in [0.2, 0.25) is 0 Å². The zero-order valence-corrected chi connectivity index (χ0v) is 28.0. The molecule has 242 valence electrons. The van der Waals surface area contributed by atoms with E-state index in [1.165, 1.54) is 6.92 Å². The van der Waals surface area contributed by atoms with Gasteiger partial charge in [0.15, 0.2) is 0 Å². The Hall–Kier alpha value is -1.92. The molecule has 0 amide bonds. The van der Waals surface area contributed by atoms with Crippen molar-refractivity contribution in [3.05, 3.63) is 34.9 Å². The summed E-state index contributed by atoms with van der Waals surface area (Å²) in [6, 6.07) is 0. The number of ether oxygens (including phenoxy) is 1. The lowest BCUT2D eigenvalue weighted by molar-refractivity contribution is -0.241. The zero-order chi connectivity index (χ0) is 32.0.